The number of ether oxygens (including phenoxy) is 1. The number of rotatable bonds is 5. The number of esters is 1. The molecule has 0 aliphatic carbocycles. The van der Waals surface area contributed by atoms with Crippen molar-refractivity contribution in [1.82, 2.24) is 9.47 Å². The Kier molecular flexibility index (Phi) is 6.22. The third kappa shape index (κ3) is 4.57. The lowest BCUT2D eigenvalue weighted by Gasteiger charge is -2.49. The van der Waals surface area contributed by atoms with E-state index in [2.05, 4.69) is 43.3 Å². The highest BCUT2D eigenvalue weighted by Gasteiger charge is 2.41. The van der Waals surface area contributed by atoms with Gasteiger partial charge in [-0.05, 0) is 12.0 Å². The van der Waals surface area contributed by atoms with Gasteiger partial charge in [-0.25, -0.2) is 0 Å². The summed E-state index contributed by atoms with van der Waals surface area (Å²) in [6.07, 6.45) is 0.522. The average molecular weight is 301 g/mol. The molecule has 0 unspecified atom stereocenters. The maximum atomic E-state index is 11.4. The van der Waals surface area contributed by atoms with Crippen LogP contribution in [0.5, 0.6) is 0 Å². The fraction of sp³-hybridized carbons (Fsp3) is 0.933. The van der Waals surface area contributed by atoms with E-state index in [1.165, 1.54) is 0 Å². The minimum atomic E-state index is -1.38. The molecule has 0 atom stereocenters. The zero-order valence-electron chi connectivity index (χ0n) is 14.2. The van der Waals surface area contributed by atoms with Crippen molar-refractivity contribution in [3.63, 3.8) is 0 Å². The summed E-state index contributed by atoms with van der Waals surface area (Å²) in [4.78, 5) is 13.8. The van der Waals surface area contributed by atoms with Crippen molar-refractivity contribution < 1.29 is 9.53 Å². The van der Waals surface area contributed by atoms with Crippen LogP contribution in [0.2, 0.25) is 18.1 Å². The third-order valence-electron chi connectivity index (χ3n) is 4.94. The summed E-state index contributed by atoms with van der Waals surface area (Å²) in [5.41, 5.74) is 0. The van der Waals surface area contributed by atoms with E-state index < -0.39 is 8.24 Å². The number of hydrogen-bond donors (Lipinski definition) is 0. The van der Waals surface area contributed by atoms with E-state index in [1.807, 2.05) is 6.92 Å². The molecule has 5 heteroatoms. The number of carbonyl (C=O) groups is 1. The van der Waals surface area contributed by atoms with Gasteiger partial charge < -0.3 is 14.2 Å². The van der Waals surface area contributed by atoms with Crippen LogP contribution in [0.25, 0.3) is 0 Å². The van der Waals surface area contributed by atoms with Gasteiger partial charge in [-0.15, -0.1) is 0 Å². The molecular weight excluding hydrogens is 268 g/mol. The molecule has 0 aromatic carbocycles. The molecule has 0 radical (unpaired) electrons. The van der Waals surface area contributed by atoms with Gasteiger partial charge in [0.2, 0.25) is 0 Å². The number of carbonyl (C=O) groups excluding carboxylic acids is 1. The molecule has 0 aromatic heterocycles. The monoisotopic (exact) mass is 300 g/mol. The van der Waals surface area contributed by atoms with Gasteiger partial charge in [-0.2, -0.15) is 0 Å². The van der Waals surface area contributed by atoms with Crippen LogP contribution < -0.4 is 0 Å². The summed E-state index contributed by atoms with van der Waals surface area (Å²) in [5.74, 6) is -0.0701. The fourth-order valence-corrected chi connectivity index (χ4v) is 4.75. The van der Waals surface area contributed by atoms with Gasteiger partial charge >= 0.3 is 5.97 Å². The van der Waals surface area contributed by atoms with E-state index in [9.17, 15) is 4.79 Å². The van der Waals surface area contributed by atoms with E-state index in [4.69, 9.17) is 4.74 Å². The largest absolute Gasteiger partial charge is 0.466 e. The van der Waals surface area contributed by atoms with E-state index >= 15 is 0 Å². The van der Waals surface area contributed by atoms with Crippen LogP contribution >= 0.6 is 0 Å². The lowest BCUT2D eigenvalue weighted by Crippen LogP contribution is -2.61. The van der Waals surface area contributed by atoms with Crippen molar-refractivity contribution in [3.05, 3.63) is 0 Å². The Morgan fingerprint density at radius 3 is 2.15 bits per heavy atom. The van der Waals surface area contributed by atoms with Gasteiger partial charge in [0.15, 0.2) is 0 Å². The van der Waals surface area contributed by atoms with Gasteiger partial charge in [-0.3, -0.25) is 4.79 Å². The third-order valence-corrected chi connectivity index (χ3v) is 10.6. The molecule has 1 saturated heterocycles. The smallest absolute Gasteiger partial charge is 0.307 e. The summed E-state index contributed by atoms with van der Waals surface area (Å²) in [6, 6.07) is 0. The fourth-order valence-electron chi connectivity index (χ4n) is 2.49. The molecule has 1 heterocycles. The van der Waals surface area contributed by atoms with Crippen molar-refractivity contribution in [2.45, 2.75) is 52.2 Å². The first-order valence-corrected chi connectivity index (χ1v) is 10.8. The van der Waals surface area contributed by atoms with E-state index in [-0.39, 0.29) is 5.97 Å². The van der Waals surface area contributed by atoms with Crippen molar-refractivity contribution >= 4 is 14.2 Å². The Hall–Kier alpha value is -0.393. The molecular formula is C15H32N2O2Si. The number of hydrogen-bond acceptors (Lipinski definition) is 4. The number of piperazine rings is 1. The summed E-state index contributed by atoms with van der Waals surface area (Å²) in [6.45, 7) is 19.7. The summed E-state index contributed by atoms with van der Waals surface area (Å²) >= 11 is 0. The predicted molar refractivity (Wildman–Crippen MR) is 86.5 cm³/mol. The van der Waals surface area contributed by atoms with Crippen molar-refractivity contribution in [2.75, 3.05) is 39.3 Å². The molecule has 1 fully saturated rings. The highest BCUT2D eigenvalue weighted by molar-refractivity contribution is 6.77. The van der Waals surface area contributed by atoms with Gasteiger partial charge in [0.25, 0.3) is 0 Å². The molecule has 1 rings (SSSR count). The Morgan fingerprint density at radius 1 is 1.15 bits per heavy atom. The molecule has 0 saturated carbocycles. The van der Waals surface area contributed by atoms with Gasteiger partial charge in [0, 0.05) is 32.7 Å². The summed E-state index contributed by atoms with van der Waals surface area (Å²) in [5, 5.41) is 0.403. The quantitative estimate of drug-likeness (QED) is 0.577. The molecule has 20 heavy (non-hydrogen) atoms. The molecule has 1 aliphatic rings. The first-order valence-electron chi connectivity index (χ1n) is 7.81. The topological polar surface area (TPSA) is 32.8 Å². The van der Waals surface area contributed by atoms with Crippen LogP contribution in [-0.2, 0) is 9.53 Å². The summed E-state index contributed by atoms with van der Waals surface area (Å²) in [7, 11) is -1.38. The maximum absolute atomic E-state index is 11.4. The zero-order valence-corrected chi connectivity index (χ0v) is 15.2. The molecule has 0 spiro atoms. The minimum absolute atomic E-state index is 0.0701. The van der Waals surface area contributed by atoms with Crippen LogP contribution in [0.15, 0.2) is 0 Å². The molecule has 0 amide bonds. The first-order chi connectivity index (χ1) is 9.18. The Balaban J connectivity index is 2.39. The van der Waals surface area contributed by atoms with Crippen LogP contribution in [0.3, 0.4) is 0 Å². The second-order valence-corrected chi connectivity index (χ2v) is 12.4. The lowest BCUT2D eigenvalue weighted by atomic mass is 10.2. The molecule has 118 valence electrons. The first kappa shape index (κ1) is 17.7. The van der Waals surface area contributed by atoms with E-state index in [1.54, 1.807) is 0 Å². The molecule has 1 aliphatic heterocycles. The highest BCUT2D eigenvalue weighted by Crippen LogP contribution is 2.38. The molecule has 4 nitrogen and oxygen atoms in total. The van der Waals surface area contributed by atoms with E-state index in [0.717, 1.165) is 32.7 Å². The standard InChI is InChI=1S/C15H32N2O2Si/c1-7-19-14(18)8-9-16-10-12-17(13-11-16)20(5,6)15(2,3)4/h7-13H2,1-6H3. The van der Waals surface area contributed by atoms with Crippen LogP contribution in [0.4, 0.5) is 0 Å². The second kappa shape index (κ2) is 7.05. The van der Waals surface area contributed by atoms with Crippen molar-refractivity contribution in [1.29, 1.82) is 0 Å². The average Bonchev–Trinajstić information content (AvgIpc) is 2.36. The maximum Gasteiger partial charge on any atom is 0.307 e. The van der Waals surface area contributed by atoms with Crippen molar-refractivity contribution in [2.24, 2.45) is 0 Å². The molecule has 0 N–H and O–H groups in total. The SMILES string of the molecule is CCOC(=O)CCN1CCN([Si](C)(C)C(C)(C)C)CC1. The Labute approximate surface area is 125 Å². The van der Waals surface area contributed by atoms with Gasteiger partial charge in [-0.1, -0.05) is 33.9 Å². The zero-order chi connectivity index (χ0) is 15.4. The molecule has 0 bridgehead atoms. The van der Waals surface area contributed by atoms with E-state index in [0.29, 0.717) is 18.1 Å². The minimum Gasteiger partial charge on any atom is -0.466 e. The van der Waals surface area contributed by atoms with Crippen LogP contribution in [0.1, 0.15) is 34.1 Å². The predicted octanol–water partition coefficient (Wildman–Crippen LogP) is 2.56. The van der Waals surface area contributed by atoms with Crippen LogP contribution in [0, 0.1) is 0 Å². The Morgan fingerprint density at radius 2 is 1.70 bits per heavy atom. The van der Waals surface area contributed by atoms with Gasteiger partial charge in [0.05, 0.1) is 13.0 Å². The van der Waals surface area contributed by atoms with Crippen LogP contribution in [-0.4, -0.2) is 63.0 Å². The number of nitrogens with zero attached hydrogens (tertiary/aromatic N) is 2. The van der Waals surface area contributed by atoms with Gasteiger partial charge in [0.1, 0.15) is 8.24 Å². The lowest BCUT2D eigenvalue weighted by molar-refractivity contribution is -0.143. The summed E-state index contributed by atoms with van der Waals surface area (Å²) < 4.78 is 7.70. The highest BCUT2D eigenvalue weighted by atomic mass is 28.3. The second-order valence-electron chi connectivity index (χ2n) is 7.19. The van der Waals surface area contributed by atoms with Crippen molar-refractivity contribution in [3.8, 4) is 0 Å². The molecule has 0 aromatic rings. The normalized spacial score (nSPS) is 19.1. The Bertz CT molecular complexity index is 318.